The van der Waals surface area contributed by atoms with Gasteiger partial charge in [-0.3, -0.25) is 0 Å². The molecule has 5 heteroatoms. The Morgan fingerprint density at radius 2 is 1.52 bits per heavy atom. The van der Waals surface area contributed by atoms with E-state index in [-0.39, 0.29) is 5.75 Å². The van der Waals surface area contributed by atoms with Crippen LogP contribution in [0.3, 0.4) is 0 Å². The quantitative estimate of drug-likeness (QED) is 0.610. The predicted octanol–water partition coefficient (Wildman–Crippen LogP) is 5.74. The summed E-state index contributed by atoms with van der Waals surface area (Å²) in [6.45, 7) is 4.06. The van der Waals surface area contributed by atoms with Gasteiger partial charge in [0.1, 0.15) is 5.75 Å². The van der Waals surface area contributed by atoms with Crippen LogP contribution < -0.4 is 4.74 Å². The van der Waals surface area contributed by atoms with Gasteiger partial charge in [0.2, 0.25) is 0 Å². The summed E-state index contributed by atoms with van der Waals surface area (Å²) < 4.78 is 4.87. The van der Waals surface area contributed by atoms with Gasteiger partial charge in [0, 0.05) is 28.3 Å². The van der Waals surface area contributed by atoms with Crippen LogP contribution in [0.1, 0.15) is 11.1 Å². The average molecular weight is 354 g/mol. The fourth-order valence-corrected chi connectivity index (χ4v) is 2.61. The number of benzene rings is 2. The van der Waals surface area contributed by atoms with Crippen LogP contribution in [-0.2, 0) is 0 Å². The van der Waals surface area contributed by atoms with Gasteiger partial charge in [-0.25, -0.2) is 9.78 Å². The molecule has 0 unspecified atom stereocenters. The van der Waals surface area contributed by atoms with Crippen molar-refractivity contribution in [2.24, 2.45) is 0 Å². The second-order valence-electron chi connectivity index (χ2n) is 5.75. The molecule has 0 aliphatic heterocycles. The zero-order valence-corrected chi connectivity index (χ0v) is 14.5. The number of aromatic nitrogens is 1. The zero-order valence-electron chi connectivity index (χ0n) is 13.8. The molecular formula is C20H16ClNO3. The van der Waals surface area contributed by atoms with Crippen molar-refractivity contribution in [1.29, 1.82) is 0 Å². The lowest BCUT2D eigenvalue weighted by Crippen LogP contribution is -2.04. The standard InChI is InChI=1S/C20H16ClNO3/c1-12-3-4-15(9-13(12)2)19-11-17(25-20(23)24)10-18(22-19)14-5-7-16(21)8-6-14/h3-11H,1-2H3,(H,23,24). The van der Waals surface area contributed by atoms with Crippen molar-refractivity contribution >= 4 is 17.8 Å². The Labute approximate surface area is 150 Å². The monoisotopic (exact) mass is 353 g/mol. The van der Waals surface area contributed by atoms with Crippen molar-refractivity contribution in [2.75, 3.05) is 0 Å². The highest BCUT2D eigenvalue weighted by atomic mass is 35.5. The lowest BCUT2D eigenvalue weighted by molar-refractivity contribution is 0.144. The van der Waals surface area contributed by atoms with Gasteiger partial charge in [-0.2, -0.15) is 0 Å². The smallest absolute Gasteiger partial charge is 0.449 e. The number of hydrogen-bond donors (Lipinski definition) is 1. The molecule has 3 aromatic rings. The van der Waals surface area contributed by atoms with Crippen molar-refractivity contribution in [3.8, 4) is 28.3 Å². The summed E-state index contributed by atoms with van der Waals surface area (Å²) in [5.41, 5.74) is 5.30. The average Bonchev–Trinajstić information content (AvgIpc) is 2.57. The Kier molecular flexibility index (Phi) is 4.72. The molecule has 25 heavy (non-hydrogen) atoms. The van der Waals surface area contributed by atoms with Gasteiger partial charge in [0.25, 0.3) is 0 Å². The number of aryl methyl sites for hydroxylation is 2. The molecular weight excluding hydrogens is 338 g/mol. The van der Waals surface area contributed by atoms with E-state index in [0.29, 0.717) is 16.4 Å². The van der Waals surface area contributed by atoms with E-state index >= 15 is 0 Å². The lowest BCUT2D eigenvalue weighted by Gasteiger charge is -2.10. The Hall–Kier alpha value is -2.85. The molecule has 0 saturated heterocycles. The highest BCUT2D eigenvalue weighted by molar-refractivity contribution is 6.30. The van der Waals surface area contributed by atoms with Gasteiger partial charge in [-0.15, -0.1) is 0 Å². The molecule has 0 saturated carbocycles. The first-order valence-electron chi connectivity index (χ1n) is 7.69. The van der Waals surface area contributed by atoms with Gasteiger partial charge in [0.15, 0.2) is 0 Å². The van der Waals surface area contributed by atoms with Crippen LogP contribution in [0.5, 0.6) is 5.75 Å². The molecule has 126 valence electrons. The third-order valence-electron chi connectivity index (χ3n) is 3.95. The summed E-state index contributed by atoms with van der Waals surface area (Å²) in [6, 6.07) is 16.4. The van der Waals surface area contributed by atoms with Crippen LogP contribution >= 0.6 is 11.6 Å². The second kappa shape index (κ2) is 6.95. The molecule has 0 aliphatic carbocycles. The third kappa shape index (κ3) is 3.98. The summed E-state index contributed by atoms with van der Waals surface area (Å²) in [7, 11) is 0. The number of halogens is 1. The fourth-order valence-electron chi connectivity index (χ4n) is 2.48. The van der Waals surface area contributed by atoms with E-state index in [0.717, 1.165) is 16.7 Å². The lowest BCUT2D eigenvalue weighted by atomic mass is 10.0. The molecule has 1 heterocycles. The second-order valence-corrected chi connectivity index (χ2v) is 6.18. The van der Waals surface area contributed by atoms with Crippen LogP contribution in [0.2, 0.25) is 5.02 Å². The topological polar surface area (TPSA) is 59.4 Å². The minimum atomic E-state index is -1.36. The Morgan fingerprint density at radius 3 is 2.12 bits per heavy atom. The molecule has 0 atom stereocenters. The summed E-state index contributed by atoms with van der Waals surface area (Å²) in [4.78, 5) is 15.6. The van der Waals surface area contributed by atoms with Crippen molar-refractivity contribution < 1.29 is 14.6 Å². The van der Waals surface area contributed by atoms with E-state index in [1.165, 1.54) is 5.56 Å². The van der Waals surface area contributed by atoms with Gasteiger partial charge >= 0.3 is 6.16 Å². The number of ether oxygens (including phenoxy) is 1. The number of nitrogens with zero attached hydrogens (tertiary/aromatic N) is 1. The molecule has 0 fully saturated rings. The number of rotatable bonds is 3. The zero-order chi connectivity index (χ0) is 18.0. The third-order valence-corrected chi connectivity index (χ3v) is 4.20. The fraction of sp³-hybridized carbons (Fsp3) is 0.100. The summed E-state index contributed by atoms with van der Waals surface area (Å²) in [5, 5.41) is 9.57. The Morgan fingerprint density at radius 1 is 0.920 bits per heavy atom. The summed E-state index contributed by atoms with van der Waals surface area (Å²) >= 11 is 5.94. The molecule has 2 aromatic carbocycles. The van der Waals surface area contributed by atoms with Crippen molar-refractivity contribution in [3.63, 3.8) is 0 Å². The molecule has 0 bridgehead atoms. The Balaban J connectivity index is 2.13. The van der Waals surface area contributed by atoms with E-state index < -0.39 is 6.16 Å². The minimum Gasteiger partial charge on any atom is -0.449 e. The van der Waals surface area contributed by atoms with Crippen molar-refractivity contribution in [3.05, 3.63) is 70.7 Å². The molecule has 3 rings (SSSR count). The van der Waals surface area contributed by atoms with Crippen LogP contribution in [0.4, 0.5) is 4.79 Å². The van der Waals surface area contributed by atoms with Gasteiger partial charge in [-0.1, -0.05) is 35.9 Å². The highest BCUT2D eigenvalue weighted by Gasteiger charge is 2.11. The molecule has 0 amide bonds. The number of carbonyl (C=O) groups is 1. The SMILES string of the molecule is Cc1ccc(-c2cc(OC(=O)O)cc(-c3ccc(Cl)cc3)n2)cc1C. The summed E-state index contributed by atoms with van der Waals surface area (Å²) in [5.74, 6) is 0.223. The maximum absolute atomic E-state index is 10.9. The minimum absolute atomic E-state index is 0.223. The van der Waals surface area contributed by atoms with Gasteiger partial charge in [-0.05, 0) is 43.2 Å². The van der Waals surface area contributed by atoms with Crippen LogP contribution in [0.15, 0.2) is 54.6 Å². The van der Waals surface area contributed by atoms with E-state index in [1.807, 2.05) is 44.2 Å². The summed E-state index contributed by atoms with van der Waals surface area (Å²) in [6.07, 6.45) is -1.36. The largest absolute Gasteiger partial charge is 0.511 e. The number of hydrogen-bond acceptors (Lipinski definition) is 3. The first-order valence-corrected chi connectivity index (χ1v) is 8.06. The van der Waals surface area contributed by atoms with E-state index in [1.54, 1.807) is 24.3 Å². The molecule has 1 N–H and O–H groups in total. The van der Waals surface area contributed by atoms with Crippen molar-refractivity contribution in [2.45, 2.75) is 13.8 Å². The van der Waals surface area contributed by atoms with Gasteiger partial charge < -0.3 is 9.84 Å². The van der Waals surface area contributed by atoms with E-state index in [2.05, 4.69) is 4.98 Å². The van der Waals surface area contributed by atoms with E-state index in [4.69, 9.17) is 21.4 Å². The van der Waals surface area contributed by atoms with Crippen LogP contribution in [0.25, 0.3) is 22.5 Å². The molecule has 4 nitrogen and oxygen atoms in total. The predicted molar refractivity (Wildman–Crippen MR) is 98.2 cm³/mol. The first kappa shape index (κ1) is 17.0. The molecule has 1 aromatic heterocycles. The van der Waals surface area contributed by atoms with Crippen LogP contribution in [0, 0.1) is 13.8 Å². The molecule has 0 aliphatic rings. The molecule has 0 radical (unpaired) electrons. The normalized spacial score (nSPS) is 10.5. The first-order chi connectivity index (χ1) is 11.9. The maximum atomic E-state index is 10.9. The highest BCUT2D eigenvalue weighted by Crippen LogP contribution is 2.30. The van der Waals surface area contributed by atoms with Crippen LogP contribution in [-0.4, -0.2) is 16.2 Å². The Bertz CT molecular complexity index is 936. The number of pyridine rings is 1. The van der Waals surface area contributed by atoms with E-state index in [9.17, 15) is 4.79 Å². The van der Waals surface area contributed by atoms with Gasteiger partial charge in [0.05, 0.1) is 11.4 Å². The maximum Gasteiger partial charge on any atom is 0.511 e. The molecule has 0 spiro atoms. The number of carboxylic acid groups (broad SMARTS) is 1. The van der Waals surface area contributed by atoms with Crippen molar-refractivity contribution in [1.82, 2.24) is 4.98 Å².